The molecule has 11 heteroatoms. The van der Waals surface area contributed by atoms with E-state index >= 15 is 0 Å². The van der Waals surface area contributed by atoms with E-state index in [1.165, 1.54) is 7.11 Å². The number of carbonyl (C=O) groups excluding carboxylic acids is 3. The van der Waals surface area contributed by atoms with Gasteiger partial charge in [-0.1, -0.05) is 12.1 Å². The number of hydrogen-bond donors (Lipinski definition) is 2. The lowest BCUT2D eigenvalue weighted by Crippen LogP contribution is -2.58. The smallest absolute Gasteiger partial charge is 0.258 e. The first-order chi connectivity index (χ1) is 19.5. The molecule has 3 amide bonds. The minimum absolute atomic E-state index is 0.0246. The number of amides is 3. The third-order valence-corrected chi connectivity index (χ3v) is 6.92. The van der Waals surface area contributed by atoms with E-state index in [0.29, 0.717) is 49.5 Å². The van der Waals surface area contributed by atoms with E-state index in [0.717, 1.165) is 11.3 Å². The number of methoxy groups -OCH3 is 1. The number of hydrogen-bond acceptors (Lipinski definition) is 8. The van der Waals surface area contributed by atoms with Crippen molar-refractivity contribution >= 4 is 17.7 Å². The maximum Gasteiger partial charge on any atom is 0.258 e. The van der Waals surface area contributed by atoms with Crippen LogP contribution in [-0.2, 0) is 22.6 Å². The van der Waals surface area contributed by atoms with Crippen LogP contribution in [0.5, 0.6) is 17.2 Å². The lowest BCUT2D eigenvalue weighted by Gasteiger charge is -2.39. The largest absolute Gasteiger partial charge is 0.493 e. The monoisotopic (exact) mass is 545 g/mol. The number of aromatic nitrogens is 2. The SMILES string of the molecule is COc1ccc2cc1OCC(=O)NCc1ccc(cc1)O[C@@H]1CCN(C(=O)CCc3cnccn3)C[C@@H]1NC2=O. The van der Waals surface area contributed by atoms with Gasteiger partial charge in [-0.15, -0.1) is 0 Å². The average Bonchev–Trinajstić information content (AvgIpc) is 2.99. The molecule has 4 bridgehead atoms. The molecule has 1 saturated heterocycles. The first kappa shape index (κ1) is 26.9. The van der Waals surface area contributed by atoms with Gasteiger partial charge in [-0.3, -0.25) is 24.4 Å². The van der Waals surface area contributed by atoms with Crippen molar-refractivity contribution in [3.05, 3.63) is 77.9 Å². The molecule has 0 saturated carbocycles. The number of fused-ring (bicyclic) bond motifs is 7. The number of nitrogens with one attached hydrogen (secondary N) is 2. The van der Waals surface area contributed by atoms with E-state index in [4.69, 9.17) is 14.2 Å². The second-order valence-corrected chi connectivity index (χ2v) is 9.64. The van der Waals surface area contributed by atoms with Crippen molar-refractivity contribution in [2.45, 2.75) is 38.0 Å². The maximum absolute atomic E-state index is 13.4. The number of ether oxygens (including phenoxy) is 3. The summed E-state index contributed by atoms with van der Waals surface area (Å²) in [6.45, 7) is 0.892. The van der Waals surface area contributed by atoms with Crippen molar-refractivity contribution in [2.24, 2.45) is 0 Å². The van der Waals surface area contributed by atoms with Gasteiger partial charge in [0, 0.05) is 56.6 Å². The maximum atomic E-state index is 13.4. The highest BCUT2D eigenvalue weighted by atomic mass is 16.5. The molecule has 0 aliphatic carbocycles. The van der Waals surface area contributed by atoms with Crippen LogP contribution < -0.4 is 24.8 Å². The molecule has 2 aromatic carbocycles. The Bertz CT molecular complexity index is 1350. The Kier molecular flexibility index (Phi) is 8.38. The molecule has 1 fully saturated rings. The quantitative estimate of drug-likeness (QED) is 0.508. The van der Waals surface area contributed by atoms with Crippen LogP contribution in [-0.4, -0.2) is 71.5 Å². The summed E-state index contributed by atoms with van der Waals surface area (Å²) < 4.78 is 17.4. The lowest BCUT2D eigenvalue weighted by atomic mass is 10.00. The molecule has 11 nitrogen and oxygen atoms in total. The number of nitrogens with zero attached hydrogens (tertiary/aromatic N) is 3. The van der Waals surface area contributed by atoms with E-state index in [1.54, 1.807) is 41.7 Å². The molecule has 208 valence electrons. The molecule has 0 radical (unpaired) electrons. The Balaban J connectivity index is 1.37. The summed E-state index contributed by atoms with van der Waals surface area (Å²) in [5.41, 5.74) is 1.98. The van der Waals surface area contributed by atoms with Gasteiger partial charge in [-0.25, -0.2) is 0 Å². The minimum Gasteiger partial charge on any atom is -0.493 e. The van der Waals surface area contributed by atoms with Crippen LogP contribution in [0.15, 0.2) is 61.1 Å². The van der Waals surface area contributed by atoms with Gasteiger partial charge in [0.2, 0.25) is 5.91 Å². The Morgan fingerprint density at radius 3 is 2.77 bits per heavy atom. The first-order valence-corrected chi connectivity index (χ1v) is 13.1. The van der Waals surface area contributed by atoms with Crippen molar-refractivity contribution in [1.82, 2.24) is 25.5 Å². The molecule has 3 aliphatic heterocycles. The van der Waals surface area contributed by atoms with Crippen LogP contribution in [0.1, 0.15) is 34.5 Å². The zero-order valence-corrected chi connectivity index (χ0v) is 22.2. The van der Waals surface area contributed by atoms with Gasteiger partial charge in [-0.2, -0.15) is 0 Å². The van der Waals surface area contributed by atoms with E-state index in [2.05, 4.69) is 20.6 Å². The summed E-state index contributed by atoms with van der Waals surface area (Å²) in [6, 6.07) is 11.7. The van der Waals surface area contributed by atoms with Crippen molar-refractivity contribution < 1.29 is 28.6 Å². The number of likely N-dealkylation sites (tertiary alicyclic amines) is 1. The number of piperidine rings is 1. The number of benzene rings is 2. The number of rotatable bonds is 4. The van der Waals surface area contributed by atoms with Crippen LogP contribution in [0.4, 0.5) is 0 Å². The van der Waals surface area contributed by atoms with Gasteiger partial charge in [0.05, 0.1) is 18.8 Å². The Labute approximate surface area is 231 Å². The normalized spacial score (nSPS) is 19.3. The highest BCUT2D eigenvalue weighted by molar-refractivity contribution is 5.95. The molecule has 3 aliphatic rings. The second-order valence-electron chi connectivity index (χ2n) is 9.64. The van der Waals surface area contributed by atoms with Crippen molar-refractivity contribution in [3.8, 4) is 17.2 Å². The van der Waals surface area contributed by atoms with Crippen molar-refractivity contribution in [3.63, 3.8) is 0 Å². The number of carbonyl (C=O) groups is 3. The summed E-state index contributed by atoms with van der Waals surface area (Å²) in [5, 5.41) is 5.88. The third kappa shape index (κ3) is 6.66. The highest BCUT2D eigenvalue weighted by Gasteiger charge is 2.34. The predicted molar refractivity (Wildman–Crippen MR) is 144 cm³/mol. The van der Waals surface area contributed by atoms with Crippen LogP contribution in [0.25, 0.3) is 0 Å². The van der Waals surface area contributed by atoms with Crippen LogP contribution in [0.2, 0.25) is 0 Å². The topological polar surface area (TPSA) is 132 Å². The van der Waals surface area contributed by atoms with Gasteiger partial charge >= 0.3 is 0 Å². The molecular formula is C29H31N5O6. The Hall–Kier alpha value is -4.67. The molecule has 4 heterocycles. The summed E-state index contributed by atoms with van der Waals surface area (Å²) in [4.78, 5) is 48.9. The summed E-state index contributed by atoms with van der Waals surface area (Å²) in [7, 11) is 1.49. The molecule has 3 aromatic rings. The average molecular weight is 546 g/mol. The fraction of sp³-hybridized carbons (Fsp3) is 0.345. The Morgan fingerprint density at radius 1 is 1.15 bits per heavy atom. The van der Waals surface area contributed by atoms with Gasteiger partial charge in [-0.05, 0) is 42.3 Å². The fourth-order valence-corrected chi connectivity index (χ4v) is 4.73. The highest BCUT2D eigenvalue weighted by Crippen LogP contribution is 2.29. The fourth-order valence-electron chi connectivity index (χ4n) is 4.73. The number of aryl methyl sites for hydroxylation is 1. The van der Waals surface area contributed by atoms with Crippen molar-refractivity contribution in [1.29, 1.82) is 0 Å². The van der Waals surface area contributed by atoms with E-state index < -0.39 is 6.04 Å². The van der Waals surface area contributed by atoms with Crippen LogP contribution >= 0.6 is 0 Å². The molecule has 1 aromatic heterocycles. The molecule has 0 spiro atoms. The molecule has 2 atom stereocenters. The second kappa shape index (κ2) is 12.5. The standard InChI is InChI=1S/C29H31N5O6/c1-38-25-8-4-20-14-26(25)39-18-27(35)32-15-19-2-6-22(7-3-19)40-24-10-13-34(17-23(24)33-29(20)37)28(36)9-5-21-16-30-11-12-31-21/h2-4,6-8,11-12,14,16,23-24H,5,9-10,13,15,17-18H2,1H3,(H,32,35)(H,33,37)/t23-,24+/m0/s1. The summed E-state index contributed by atoms with van der Waals surface area (Å²) >= 11 is 0. The summed E-state index contributed by atoms with van der Waals surface area (Å²) in [6.07, 6.45) is 5.81. The third-order valence-electron chi connectivity index (χ3n) is 6.92. The predicted octanol–water partition coefficient (Wildman–Crippen LogP) is 1.90. The first-order valence-electron chi connectivity index (χ1n) is 13.1. The van der Waals surface area contributed by atoms with Crippen LogP contribution in [0.3, 0.4) is 0 Å². The molecule has 40 heavy (non-hydrogen) atoms. The van der Waals surface area contributed by atoms with Crippen LogP contribution in [0, 0.1) is 0 Å². The van der Waals surface area contributed by atoms with E-state index in [-0.39, 0.29) is 42.6 Å². The zero-order chi connectivity index (χ0) is 27.9. The van der Waals surface area contributed by atoms with Gasteiger partial charge < -0.3 is 29.7 Å². The molecular weight excluding hydrogens is 514 g/mol. The van der Waals surface area contributed by atoms with E-state index in [1.807, 2.05) is 24.3 Å². The minimum atomic E-state index is -0.466. The van der Waals surface area contributed by atoms with Gasteiger partial charge in [0.25, 0.3) is 11.8 Å². The van der Waals surface area contributed by atoms with Gasteiger partial charge in [0.1, 0.15) is 11.9 Å². The lowest BCUT2D eigenvalue weighted by molar-refractivity contribution is -0.133. The molecule has 0 unspecified atom stereocenters. The zero-order valence-electron chi connectivity index (χ0n) is 22.2. The Morgan fingerprint density at radius 2 is 2.00 bits per heavy atom. The van der Waals surface area contributed by atoms with E-state index in [9.17, 15) is 14.4 Å². The van der Waals surface area contributed by atoms with Gasteiger partial charge in [0.15, 0.2) is 18.1 Å². The van der Waals surface area contributed by atoms with Crippen molar-refractivity contribution in [2.75, 3.05) is 26.8 Å². The molecule has 6 rings (SSSR count). The molecule has 2 N–H and O–H groups in total. The summed E-state index contributed by atoms with van der Waals surface area (Å²) in [5.74, 6) is 0.623.